The van der Waals surface area contributed by atoms with Crippen LogP contribution in [0.1, 0.15) is 34.0 Å². The van der Waals surface area contributed by atoms with E-state index < -0.39 is 46.1 Å². The molecule has 2 amide bonds. The molecule has 3 heterocycles. The number of nitrogens with one attached hydrogen (secondary N) is 1. The van der Waals surface area contributed by atoms with Crippen LogP contribution in [0.25, 0.3) is 12.2 Å². The second-order valence-electron chi connectivity index (χ2n) is 11.0. The molecule has 4 atom stereocenters. The van der Waals surface area contributed by atoms with E-state index in [4.69, 9.17) is 0 Å². The molecule has 44 heavy (non-hydrogen) atoms. The number of aromatic nitrogens is 1. The zero-order valence-corrected chi connectivity index (χ0v) is 23.4. The van der Waals surface area contributed by atoms with E-state index in [9.17, 15) is 29.6 Å². The van der Waals surface area contributed by atoms with Gasteiger partial charge < -0.3 is 5.11 Å². The van der Waals surface area contributed by atoms with E-state index in [1.54, 1.807) is 24.4 Å². The van der Waals surface area contributed by atoms with Crippen molar-refractivity contribution in [2.45, 2.75) is 24.5 Å². The van der Waals surface area contributed by atoms with E-state index in [-0.39, 0.29) is 18.7 Å². The van der Waals surface area contributed by atoms with Crippen LogP contribution in [0.3, 0.4) is 0 Å². The van der Waals surface area contributed by atoms with Crippen molar-refractivity contribution in [3.63, 3.8) is 0 Å². The lowest BCUT2D eigenvalue weighted by Gasteiger charge is -2.31. The quantitative estimate of drug-likeness (QED) is 0.124. The van der Waals surface area contributed by atoms with Crippen LogP contribution in [-0.2, 0) is 27.3 Å². The first-order valence-corrected chi connectivity index (χ1v) is 14.1. The zero-order chi connectivity index (χ0) is 30.8. The van der Waals surface area contributed by atoms with E-state index in [2.05, 4.69) is 10.3 Å². The van der Waals surface area contributed by atoms with E-state index >= 15 is 0 Å². The zero-order valence-electron chi connectivity index (χ0n) is 23.4. The number of nitro benzene ring substituents is 1. The molecule has 6 rings (SSSR count). The molecule has 2 N–H and O–H groups in total. The van der Waals surface area contributed by atoms with Gasteiger partial charge >= 0.3 is 5.97 Å². The Hall–Kier alpha value is -5.48. The Balaban J connectivity index is 1.37. The van der Waals surface area contributed by atoms with E-state index in [0.29, 0.717) is 16.8 Å². The van der Waals surface area contributed by atoms with Gasteiger partial charge in [-0.15, -0.1) is 0 Å². The lowest BCUT2D eigenvalue weighted by atomic mass is 9.76. The van der Waals surface area contributed by atoms with Gasteiger partial charge in [-0.3, -0.25) is 39.7 Å². The van der Waals surface area contributed by atoms with Crippen molar-refractivity contribution in [3.8, 4) is 0 Å². The molecule has 0 saturated carbocycles. The molecule has 0 spiro atoms. The lowest BCUT2D eigenvalue weighted by Crippen LogP contribution is -2.57. The molecule has 0 bridgehead atoms. The molecular formula is C34H28N4O6. The van der Waals surface area contributed by atoms with Crippen LogP contribution in [0.2, 0.25) is 0 Å². The Morgan fingerprint density at radius 1 is 0.909 bits per heavy atom. The van der Waals surface area contributed by atoms with Crippen LogP contribution < -0.4 is 5.32 Å². The molecule has 2 aliphatic heterocycles. The number of hydrogen-bond acceptors (Lipinski definition) is 7. The van der Waals surface area contributed by atoms with Gasteiger partial charge in [0.2, 0.25) is 11.8 Å². The van der Waals surface area contributed by atoms with E-state index in [0.717, 1.165) is 16.0 Å². The van der Waals surface area contributed by atoms with Gasteiger partial charge in [-0.1, -0.05) is 84.9 Å². The SMILES string of the molecule is O=C1C2C(c3ccc(/C=C/c4ccccc4)cc3)NC(Cc3ccc([N+](=O)[O-])cc3)(C(=O)O)C2C(=O)N1Cc1ccccn1. The van der Waals surface area contributed by atoms with Crippen LogP contribution >= 0.6 is 0 Å². The van der Waals surface area contributed by atoms with Gasteiger partial charge in [-0.05, 0) is 34.4 Å². The molecule has 10 nitrogen and oxygen atoms in total. The molecule has 2 fully saturated rings. The molecule has 2 aliphatic rings. The number of nitro groups is 1. The normalized spacial score (nSPS) is 22.8. The fraction of sp³-hybridized carbons (Fsp3) is 0.176. The maximum atomic E-state index is 14.0. The Labute approximate surface area is 252 Å². The Morgan fingerprint density at radius 2 is 1.57 bits per heavy atom. The minimum atomic E-state index is -1.84. The van der Waals surface area contributed by atoms with Crippen LogP contribution in [0.15, 0.2) is 103 Å². The summed E-state index contributed by atoms with van der Waals surface area (Å²) in [5, 5.41) is 25.1. The number of aliphatic carboxylic acids is 1. The maximum Gasteiger partial charge on any atom is 0.325 e. The largest absolute Gasteiger partial charge is 0.480 e. The van der Waals surface area contributed by atoms with Gasteiger partial charge in [-0.25, -0.2) is 0 Å². The van der Waals surface area contributed by atoms with Crippen molar-refractivity contribution in [3.05, 3.63) is 141 Å². The van der Waals surface area contributed by atoms with Crippen molar-refractivity contribution < 1.29 is 24.4 Å². The number of carbonyl (C=O) groups is 3. The van der Waals surface area contributed by atoms with Crippen molar-refractivity contribution in [2.24, 2.45) is 11.8 Å². The molecule has 4 unspecified atom stereocenters. The predicted molar refractivity (Wildman–Crippen MR) is 162 cm³/mol. The van der Waals surface area contributed by atoms with Crippen LogP contribution in [0.5, 0.6) is 0 Å². The average Bonchev–Trinajstić information content (AvgIpc) is 3.51. The Kier molecular flexibility index (Phi) is 7.59. The summed E-state index contributed by atoms with van der Waals surface area (Å²) in [6.45, 7) is -0.0747. The fourth-order valence-electron chi connectivity index (χ4n) is 6.22. The van der Waals surface area contributed by atoms with Crippen molar-refractivity contribution in [2.75, 3.05) is 0 Å². The summed E-state index contributed by atoms with van der Waals surface area (Å²) in [4.78, 5) is 57.1. The number of likely N-dealkylation sites (tertiary alicyclic amines) is 1. The predicted octanol–water partition coefficient (Wildman–Crippen LogP) is 4.67. The van der Waals surface area contributed by atoms with Gasteiger partial charge in [0.25, 0.3) is 5.69 Å². The van der Waals surface area contributed by atoms with E-state index in [1.165, 1.54) is 24.3 Å². The smallest absolute Gasteiger partial charge is 0.325 e. The summed E-state index contributed by atoms with van der Waals surface area (Å²) in [7, 11) is 0. The minimum Gasteiger partial charge on any atom is -0.480 e. The number of rotatable bonds is 9. The maximum absolute atomic E-state index is 14.0. The number of carboxylic acids is 1. The first-order valence-electron chi connectivity index (χ1n) is 14.1. The topological polar surface area (TPSA) is 143 Å². The number of pyridine rings is 1. The summed E-state index contributed by atoms with van der Waals surface area (Å²) in [5.41, 5.74) is 1.63. The van der Waals surface area contributed by atoms with Crippen LogP contribution in [-0.4, -0.2) is 43.2 Å². The molecule has 10 heteroatoms. The monoisotopic (exact) mass is 588 g/mol. The third-order valence-electron chi connectivity index (χ3n) is 8.37. The molecule has 3 aromatic carbocycles. The summed E-state index contributed by atoms with van der Waals surface area (Å²) in [5.74, 6) is -4.54. The lowest BCUT2D eigenvalue weighted by molar-refractivity contribution is -0.384. The van der Waals surface area contributed by atoms with Gasteiger partial charge in [0.1, 0.15) is 5.54 Å². The number of carboxylic acid groups (broad SMARTS) is 1. The number of carbonyl (C=O) groups excluding carboxylic acids is 2. The first kappa shape index (κ1) is 28.6. The minimum absolute atomic E-state index is 0.0747. The average molecular weight is 589 g/mol. The highest BCUT2D eigenvalue weighted by Gasteiger charge is 2.68. The number of benzene rings is 3. The van der Waals surface area contributed by atoms with Crippen molar-refractivity contribution in [1.82, 2.24) is 15.2 Å². The molecule has 1 aromatic heterocycles. The standard InChI is InChI=1S/C34H28N4O6/c39-31-28-29(32(40)37(31)21-26-8-4-5-19-35-26)34(33(41)42,20-24-13-17-27(18-14-24)38(43)44)36-30(28)25-15-11-23(12-16-25)10-9-22-6-2-1-3-7-22/h1-19,28-30,36H,20-21H2,(H,41,42)/b10-9+. The summed E-state index contributed by atoms with van der Waals surface area (Å²) in [6, 6.07) is 27.2. The third kappa shape index (κ3) is 5.27. The second kappa shape index (κ2) is 11.7. The number of imide groups is 1. The number of nitrogens with zero attached hydrogens (tertiary/aromatic N) is 3. The Bertz CT molecular complexity index is 1740. The van der Waals surface area contributed by atoms with Crippen LogP contribution in [0, 0.1) is 22.0 Å². The van der Waals surface area contributed by atoms with Crippen molar-refractivity contribution in [1.29, 1.82) is 0 Å². The van der Waals surface area contributed by atoms with Crippen molar-refractivity contribution >= 4 is 35.6 Å². The number of amides is 2. The van der Waals surface area contributed by atoms with Crippen LogP contribution in [0.4, 0.5) is 5.69 Å². The summed E-state index contributed by atoms with van der Waals surface area (Å²) < 4.78 is 0. The highest BCUT2D eigenvalue weighted by atomic mass is 16.6. The molecule has 220 valence electrons. The van der Waals surface area contributed by atoms with Gasteiger partial charge in [0.15, 0.2) is 0 Å². The first-order chi connectivity index (χ1) is 21.3. The van der Waals surface area contributed by atoms with Gasteiger partial charge in [0.05, 0.1) is 29.0 Å². The Morgan fingerprint density at radius 3 is 2.18 bits per heavy atom. The van der Waals surface area contributed by atoms with Gasteiger partial charge in [-0.2, -0.15) is 0 Å². The molecule has 4 aromatic rings. The number of fused-ring (bicyclic) bond motifs is 1. The molecule has 2 saturated heterocycles. The number of non-ortho nitro benzene ring substituents is 1. The highest BCUT2D eigenvalue weighted by Crippen LogP contribution is 2.50. The third-order valence-corrected chi connectivity index (χ3v) is 8.37. The summed E-state index contributed by atoms with van der Waals surface area (Å²) in [6.07, 6.45) is 5.34. The highest BCUT2D eigenvalue weighted by molar-refractivity contribution is 6.09. The molecule has 0 radical (unpaired) electrons. The molecular weight excluding hydrogens is 560 g/mol. The van der Waals surface area contributed by atoms with E-state index in [1.807, 2.05) is 66.7 Å². The van der Waals surface area contributed by atoms with Gasteiger partial charge in [0, 0.05) is 30.8 Å². The fourth-order valence-corrected chi connectivity index (χ4v) is 6.22. The second-order valence-corrected chi connectivity index (χ2v) is 11.0. The molecule has 0 aliphatic carbocycles. The summed E-state index contributed by atoms with van der Waals surface area (Å²) >= 11 is 0. The number of hydrogen-bond donors (Lipinski definition) is 2.